The number of benzene rings is 1. The maximum absolute atomic E-state index is 5.80. The zero-order chi connectivity index (χ0) is 10.8. The van der Waals surface area contributed by atoms with Crippen LogP contribution in [0.5, 0.6) is 5.75 Å². The molecule has 0 fully saturated rings. The maximum Gasteiger partial charge on any atom is 0.142 e. The van der Waals surface area contributed by atoms with Crippen LogP contribution in [0.1, 0.15) is 12.5 Å². The lowest BCUT2D eigenvalue weighted by Crippen LogP contribution is -2.17. The van der Waals surface area contributed by atoms with E-state index < -0.39 is 0 Å². The Morgan fingerprint density at radius 2 is 2.27 bits per heavy atom. The number of nitrogens with one attached hydrogen (secondary N) is 1. The number of H-pyrrole nitrogens is 1. The van der Waals surface area contributed by atoms with Crippen LogP contribution in [0.3, 0.4) is 0 Å². The minimum Gasteiger partial charge on any atom is -0.495 e. The van der Waals surface area contributed by atoms with Crippen molar-refractivity contribution in [2.45, 2.75) is 19.4 Å². The van der Waals surface area contributed by atoms with Gasteiger partial charge < -0.3 is 15.5 Å². The lowest BCUT2D eigenvalue weighted by molar-refractivity contribution is 0.419. The summed E-state index contributed by atoms with van der Waals surface area (Å²) < 4.78 is 5.28. The standard InChI is InChI=1S/C12H16N2O/c1-8(13)6-9-7-14-12-10(9)4-3-5-11(12)15-2/h3-5,7-8,14H,6,13H2,1-2H3/t8-/m0/s1. The molecular formula is C12H16N2O. The number of para-hydroxylation sites is 1. The van der Waals surface area contributed by atoms with Crippen molar-refractivity contribution in [2.75, 3.05) is 7.11 Å². The van der Waals surface area contributed by atoms with E-state index in [1.807, 2.05) is 25.3 Å². The Morgan fingerprint density at radius 3 is 2.93 bits per heavy atom. The summed E-state index contributed by atoms with van der Waals surface area (Å²) in [5.74, 6) is 0.878. The van der Waals surface area contributed by atoms with Crippen LogP contribution in [0.2, 0.25) is 0 Å². The fourth-order valence-corrected chi connectivity index (χ4v) is 1.87. The van der Waals surface area contributed by atoms with Gasteiger partial charge in [-0.3, -0.25) is 0 Å². The van der Waals surface area contributed by atoms with Gasteiger partial charge in [0.15, 0.2) is 0 Å². The van der Waals surface area contributed by atoms with Crippen molar-refractivity contribution < 1.29 is 4.74 Å². The van der Waals surface area contributed by atoms with Crippen LogP contribution in [-0.4, -0.2) is 18.1 Å². The molecule has 1 aromatic carbocycles. The molecule has 1 heterocycles. The molecule has 15 heavy (non-hydrogen) atoms. The summed E-state index contributed by atoms with van der Waals surface area (Å²) in [6.07, 6.45) is 2.89. The van der Waals surface area contributed by atoms with Gasteiger partial charge in [0.25, 0.3) is 0 Å². The second kappa shape index (κ2) is 3.95. The summed E-state index contributed by atoms with van der Waals surface area (Å²) in [7, 11) is 1.68. The van der Waals surface area contributed by atoms with Crippen molar-refractivity contribution in [3.63, 3.8) is 0 Å². The third-order valence-electron chi connectivity index (χ3n) is 2.52. The molecule has 0 aliphatic rings. The number of nitrogens with two attached hydrogens (primary N) is 1. The van der Waals surface area contributed by atoms with Crippen molar-refractivity contribution in [2.24, 2.45) is 5.73 Å². The molecule has 0 radical (unpaired) electrons. The molecular weight excluding hydrogens is 188 g/mol. The van der Waals surface area contributed by atoms with E-state index in [0.29, 0.717) is 0 Å². The Kier molecular flexibility index (Phi) is 2.64. The highest BCUT2D eigenvalue weighted by molar-refractivity contribution is 5.88. The van der Waals surface area contributed by atoms with E-state index >= 15 is 0 Å². The van der Waals surface area contributed by atoms with Crippen LogP contribution in [-0.2, 0) is 6.42 Å². The Morgan fingerprint density at radius 1 is 1.47 bits per heavy atom. The molecule has 0 spiro atoms. The summed E-state index contributed by atoms with van der Waals surface area (Å²) in [5.41, 5.74) is 8.10. The summed E-state index contributed by atoms with van der Waals surface area (Å²) in [5, 5.41) is 1.20. The zero-order valence-electron chi connectivity index (χ0n) is 9.08. The number of aromatic nitrogens is 1. The van der Waals surface area contributed by atoms with Gasteiger partial charge in [0.05, 0.1) is 12.6 Å². The Hall–Kier alpha value is -1.48. The van der Waals surface area contributed by atoms with Crippen molar-refractivity contribution in [3.05, 3.63) is 30.0 Å². The fraction of sp³-hybridized carbons (Fsp3) is 0.333. The summed E-state index contributed by atoms with van der Waals surface area (Å²) >= 11 is 0. The van der Waals surface area contributed by atoms with Crippen LogP contribution in [0.15, 0.2) is 24.4 Å². The molecule has 0 aliphatic heterocycles. The lowest BCUT2D eigenvalue weighted by atomic mass is 10.1. The number of ether oxygens (including phenoxy) is 1. The minimum atomic E-state index is 0.176. The largest absolute Gasteiger partial charge is 0.495 e. The highest BCUT2D eigenvalue weighted by Crippen LogP contribution is 2.27. The number of methoxy groups -OCH3 is 1. The van der Waals surface area contributed by atoms with Crippen molar-refractivity contribution in [1.82, 2.24) is 4.98 Å². The summed E-state index contributed by atoms with van der Waals surface area (Å²) in [6.45, 7) is 2.01. The quantitative estimate of drug-likeness (QED) is 0.804. The van der Waals surface area contributed by atoms with Gasteiger partial charge in [-0.05, 0) is 25.0 Å². The smallest absolute Gasteiger partial charge is 0.142 e. The SMILES string of the molecule is COc1cccc2c(C[C@H](C)N)c[nH]c12. The van der Waals surface area contributed by atoms with E-state index in [9.17, 15) is 0 Å². The van der Waals surface area contributed by atoms with Gasteiger partial charge in [-0.25, -0.2) is 0 Å². The molecule has 0 saturated carbocycles. The molecule has 2 rings (SSSR count). The van der Waals surface area contributed by atoms with Gasteiger partial charge in [-0.1, -0.05) is 12.1 Å². The molecule has 3 N–H and O–H groups in total. The van der Waals surface area contributed by atoms with Crippen LogP contribution in [0, 0.1) is 0 Å². The van der Waals surface area contributed by atoms with Crippen LogP contribution < -0.4 is 10.5 Å². The second-order valence-corrected chi connectivity index (χ2v) is 3.88. The van der Waals surface area contributed by atoms with Gasteiger partial charge in [0, 0.05) is 17.6 Å². The van der Waals surface area contributed by atoms with Crippen LogP contribution >= 0.6 is 0 Å². The topological polar surface area (TPSA) is 51.0 Å². The number of fused-ring (bicyclic) bond motifs is 1. The maximum atomic E-state index is 5.80. The summed E-state index contributed by atoms with van der Waals surface area (Å²) in [6, 6.07) is 6.22. The molecule has 0 aliphatic carbocycles. The Balaban J connectivity index is 2.51. The third-order valence-corrected chi connectivity index (χ3v) is 2.52. The highest BCUT2D eigenvalue weighted by atomic mass is 16.5. The van der Waals surface area contributed by atoms with Gasteiger partial charge in [-0.15, -0.1) is 0 Å². The zero-order valence-corrected chi connectivity index (χ0v) is 9.08. The Labute approximate surface area is 89.2 Å². The average Bonchev–Trinajstić information content (AvgIpc) is 2.61. The van der Waals surface area contributed by atoms with Crippen LogP contribution in [0.4, 0.5) is 0 Å². The first kappa shape index (κ1) is 10.1. The van der Waals surface area contributed by atoms with Crippen molar-refractivity contribution >= 4 is 10.9 Å². The molecule has 0 saturated heterocycles. The average molecular weight is 204 g/mol. The van der Waals surface area contributed by atoms with E-state index in [4.69, 9.17) is 10.5 Å². The molecule has 3 heteroatoms. The first-order valence-electron chi connectivity index (χ1n) is 5.11. The molecule has 0 amide bonds. The van der Waals surface area contributed by atoms with E-state index in [2.05, 4.69) is 11.1 Å². The molecule has 1 atom stereocenters. The second-order valence-electron chi connectivity index (χ2n) is 3.88. The molecule has 1 aromatic heterocycles. The Bertz CT molecular complexity index is 460. The number of aromatic amines is 1. The molecule has 0 unspecified atom stereocenters. The van der Waals surface area contributed by atoms with E-state index in [-0.39, 0.29) is 6.04 Å². The predicted octanol–water partition coefficient (Wildman–Crippen LogP) is 2.07. The molecule has 2 aromatic rings. The van der Waals surface area contributed by atoms with Gasteiger partial charge in [-0.2, -0.15) is 0 Å². The fourth-order valence-electron chi connectivity index (χ4n) is 1.87. The first-order valence-corrected chi connectivity index (χ1v) is 5.11. The van der Waals surface area contributed by atoms with Crippen LogP contribution in [0.25, 0.3) is 10.9 Å². The van der Waals surface area contributed by atoms with E-state index in [0.717, 1.165) is 17.7 Å². The van der Waals surface area contributed by atoms with E-state index in [1.54, 1.807) is 7.11 Å². The van der Waals surface area contributed by atoms with Gasteiger partial charge in [0.1, 0.15) is 5.75 Å². The van der Waals surface area contributed by atoms with Crippen molar-refractivity contribution in [1.29, 1.82) is 0 Å². The number of hydrogen-bond acceptors (Lipinski definition) is 2. The van der Waals surface area contributed by atoms with E-state index in [1.165, 1.54) is 10.9 Å². The number of hydrogen-bond donors (Lipinski definition) is 2. The lowest BCUT2D eigenvalue weighted by Gasteiger charge is -2.04. The van der Waals surface area contributed by atoms with Crippen molar-refractivity contribution in [3.8, 4) is 5.75 Å². The highest BCUT2D eigenvalue weighted by Gasteiger charge is 2.08. The van der Waals surface area contributed by atoms with Gasteiger partial charge >= 0.3 is 0 Å². The summed E-state index contributed by atoms with van der Waals surface area (Å²) in [4.78, 5) is 3.23. The predicted molar refractivity (Wildman–Crippen MR) is 62.2 cm³/mol. The number of rotatable bonds is 3. The van der Waals surface area contributed by atoms with Gasteiger partial charge in [0.2, 0.25) is 0 Å². The first-order chi connectivity index (χ1) is 7.22. The minimum absolute atomic E-state index is 0.176. The monoisotopic (exact) mass is 204 g/mol. The normalized spacial score (nSPS) is 13.0. The molecule has 80 valence electrons. The molecule has 3 nitrogen and oxygen atoms in total. The third kappa shape index (κ3) is 1.83. The molecule has 0 bridgehead atoms.